The van der Waals surface area contributed by atoms with Crippen molar-refractivity contribution in [3.63, 3.8) is 0 Å². The Morgan fingerprint density at radius 3 is 2.04 bits per heavy atom. The molecule has 4 heteroatoms. The third-order valence-corrected chi connectivity index (χ3v) is 4.90. The van der Waals surface area contributed by atoms with Gasteiger partial charge in [-0.25, -0.2) is 0 Å². The summed E-state index contributed by atoms with van der Waals surface area (Å²) in [7, 11) is 0. The van der Waals surface area contributed by atoms with Gasteiger partial charge in [-0.05, 0) is 29.7 Å². The Labute approximate surface area is 156 Å². The Morgan fingerprint density at radius 2 is 1.52 bits per heavy atom. The van der Waals surface area contributed by atoms with Crippen molar-refractivity contribution in [1.29, 1.82) is 0 Å². The molecule has 0 saturated carbocycles. The predicted octanol–water partition coefficient (Wildman–Crippen LogP) is 5.95. The molecular formula is C21H16Cl2O2. The van der Waals surface area contributed by atoms with Crippen molar-refractivity contribution in [2.45, 2.75) is 12.8 Å². The van der Waals surface area contributed by atoms with Crippen LogP contribution in [-0.4, -0.2) is 11.6 Å². The molecule has 0 N–H and O–H groups in total. The topological polar surface area (TPSA) is 34.1 Å². The monoisotopic (exact) mass is 370 g/mol. The van der Waals surface area contributed by atoms with Crippen LogP contribution in [0.2, 0.25) is 5.02 Å². The molecule has 126 valence electrons. The molecule has 1 aliphatic rings. The number of allylic oxidation sites excluding steroid dienone is 2. The van der Waals surface area contributed by atoms with Crippen LogP contribution in [0.25, 0.3) is 5.57 Å². The number of halogens is 2. The van der Waals surface area contributed by atoms with Crippen molar-refractivity contribution in [1.82, 2.24) is 0 Å². The van der Waals surface area contributed by atoms with Crippen molar-refractivity contribution in [3.05, 3.63) is 88.4 Å². The molecule has 25 heavy (non-hydrogen) atoms. The lowest BCUT2D eigenvalue weighted by Gasteiger charge is -2.26. The number of hydrogen-bond acceptors (Lipinski definition) is 2. The van der Waals surface area contributed by atoms with E-state index in [0.717, 1.165) is 5.56 Å². The highest BCUT2D eigenvalue weighted by molar-refractivity contribution is 6.33. The third-order valence-electron chi connectivity index (χ3n) is 4.53. The van der Waals surface area contributed by atoms with Gasteiger partial charge in [-0.3, -0.25) is 9.59 Å². The van der Waals surface area contributed by atoms with E-state index >= 15 is 0 Å². The Hall–Kier alpha value is -2.16. The molecule has 0 atom stereocenters. The molecule has 1 aliphatic carbocycles. The van der Waals surface area contributed by atoms with Gasteiger partial charge >= 0.3 is 0 Å². The minimum atomic E-state index is -1.29. The van der Waals surface area contributed by atoms with E-state index < -0.39 is 5.41 Å². The van der Waals surface area contributed by atoms with Crippen LogP contribution >= 0.6 is 23.2 Å². The summed E-state index contributed by atoms with van der Waals surface area (Å²) in [5.74, 6) is -0.448. The lowest BCUT2D eigenvalue weighted by atomic mass is 9.73. The minimum Gasteiger partial charge on any atom is -0.293 e. The van der Waals surface area contributed by atoms with Gasteiger partial charge < -0.3 is 0 Å². The zero-order valence-corrected chi connectivity index (χ0v) is 15.0. The van der Waals surface area contributed by atoms with Gasteiger partial charge in [-0.15, -0.1) is 0 Å². The number of fused-ring (bicyclic) bond motifs is 1. The molecule has 0 bridgehead atoms. The van der Waals surface area contributed by atoms with Crippen LogP contribution in [0.15, 0.2) is 66.7 Å². The zero-order chi connectivity index (χ0) is 18.2. The van der Waals surface area contributed by atoms with Gasteiger partial charge in [0.05, 0.1) is 0 Å². The first-order chi connectivity index (χ1) is 11.8. The van der Waals surface area contributed by atoms with Gasteiger partial charge in [0, 0.05) is 27.6 Å². The molecule has 0 fully saturated rings. The SMILES string of the molecule is C=C(Cl)CC1(CC(=C)c2cccc(Cl)c2)C(=O)c2ccccc2C1=O. The van der Waals surface area contributed by atoms with Crippen molar-refractivity contribution in [3.8, 4) is 0 Å². The molecule has 0 radical (unpaired) electrons. The number of ketones is 2. The molecule has 2 aromatic rings. The van der Waals surface area contributed by atoms with Crippen LogP contribution in [0.1, 0.15) is 39.1 Å². The largest absolute Gasteiger partial charge is 0.293 e. The van der Waals surface area contributed by atoms with Crippen molar-refractivity contribution in [2.75, 3.05) is 0 Å². The first-order valence-electron chi connectivity index (χ1n) is 7.81. The summed E-state index contributed by atoms with van der Waals surface area (Å²) in [4.78, 5) is 26.2. The Bertz CT molecular complexity index is 877. The van der Waals surface area contributed by atoms with E-state index in [1.54, 1.807) is 36.4 Å². The average Bonchev–Trinajstić information content (AvgIpc) is 2.77. The summed E-state index contributed by atoms with van der Waals surface area (Å²) < 4.78 is 0. The standard InChI is InChI=1S/C21H16Cl2O2/c1-13(15-6-5-7-16(23)10-15)11-21(12-14(2)22)19(24)17-8-3-4-9-18(17)20(21)25/h3-10H,1-2,11-12H2. The molecular weight excluding hydrogens is 355 g/mol. The summed E-state index contributed by atoms with van der Waals surface area (Å²) in [5.41, 5.74) is 1.04. The highest BCUT2D eigenvalue weighted by Gasteiger charge is 2.52. The Morgan fingerprint density at radius 1 is 0.920 bits per heavy atom. The summed E-state index contributed by atoms with van der Waals surface area (Å²) in [6.07, 6.45) is 0.256. The van der Waals surface area contributed by atoms with Crippen LogP contribution in [0.4, 0.5) is 0 Å². The Kier molecular flexibility index (Phi) is 4.68. The molecule has 0 aromatic heterocycles. The van der Waals surface area contributed by atoms with E-state index in [1.807, 2.05) is 12.1 Å². The maximum absolute atomic E-state index is 13.1. The average molecular weight is 371 g/mol. The number of carbonyl (C=O) groups excluding carboxylic acids is 2. The van der Waals surface area contributed by atoms with Crippen LogP contribution < -0.4 is 0 Å². The fraction of sp³-hybridized carbons (Fsp3) is 0.143. The number of hydrogen-bond donors (Lipinski definition) is 0. The van der Waals surface area contributed by atoms with E-state index in [0.29, 0.717) is 21.7 Å². The molecule has 2 aromatic carbocycles. The molecule has 2 nitrogen and oxygen atoms in total. The number of carbonyl (C=O) groups is 2. The van der Waals surface area contributed by atoms with Gasteiger partial charge in [-0.2, -0.15) is 0 Å². The highest BCUT2D eigenvalue weighted by Crippen LogP contribution is 2.47. The van der Waals surface area contributed by atoms with E-state index in [9.17, 15) is 9.59 Å². The minimum absolute atomic E-state index is 0.0838. The summed E-state index contributed by atoms with van der Waals surface area (Å²) in [6.45, 7) is 7.78. The second kappa shape index (κ2) is 6.62. The van der Waals surface area contributed by atoms with Gasteiger partial charge in [0.1, 0.15) is 5.41 Å². The summed E-state index contributed by atoms with van der Waals surface area (Å²) >= 11 is 12.1. The molecule has 0 unspecified atom stereocenters. The van der Waals surface area contributed by atoms with Crippen LogP contribution in [0, 0.1) is 5.41 Å². The van der Waals surface area contributed by atoms with Gasteiger partial charge in [0.25, 0.3) is 0 Å². The molecule has 0 saturated heterocycles. The molecule has 0 heterocycles. The fourth-order valence-electron chi connectivity index (χ4n) is 3.38. The van der Waals surface area contributed by atoms with Crippen LogP contribution in [0.3, 0.4) is 0 Å². The second-order valence-corrected chi connectivity index (χ2v) is 7.24. The number of rotatable bonds is 5. The first kappa shape index (κ1) is 17.7. The lowest BCUT2D eigenvalue weighted by molar-refractivity contribution is 0.0705. The third kappa shape index (κ3) is 3.08. The van der Waals surface area contributed by atoms with E-state index in [1.165, 1.54) is 0 Å². The molecule has 0 aliphatic heterocycles. The van der Waals surface area contributed by atoms with Crippen molar-refractivity contribution < 1.29 is 9.59 Å². The van der Waals surface area contributed by atoms with Gasteiger partial charge in [0.15, 0.2) is 11.6 Å². The van der Waals surface area contributed by atoms with E-state index in [-0.39, 0.29) is 29.4 Å². The van der Waals surface area contributed by atoms with E-state index in [2.05, 4.69) is 13.2 Å². The molecule has 0 spiro atoms. The smallest absolute Gasteiger partial charge is 0.178 e. The highest BCUT2D eigenvalue weighted by atomic mass is 35.5. The maximum atomic E-state index is 13.1. The number of Topliss-reactive ketones (excluding diaryl/α,β-unsaturated/α-hetero) is 2. The van der Waals surface area contributed by atoms with Crippen LogP contribution in [0.5, 0.6) is 0 Å². The van der Waals surface area contributed by atoms with Crippen LogP contribution in [-0.2, 0) is 0 Å². The molecule has 0 amide bonds. The quantitative estimate of drug-likeness (QED) is 0.609. The molecule has 3 rings (SSSR count). The fourth-order valence-corrected chi connectivity index (χ4v) is 3.80. The van der Waals surface area contributed by atoms with Crippen molar-refractivity contribution in [2.24, 2.45) is 5.41 Å². The van der Waals surface area contributed by atoms with Gasteiger partial charge in [-0.1, -0.05) is 72.8 Å². The van der Waals surface area contributed by atoms with Gasteiger partial charge in [0.2, 0.25) is 0 Å². The first-order valence-corrected chi connectivity index (χ1v) is 8.56. The Balaban J connectivity index is 2.04. The zero-order valence-electron chi connectivity index (χ0n) is 13.5. The summed E-state index contributed by atoms with van der Waals surface area (Å²) in [5, 5.41) is 0.843. The maximum Gasteiger partial charge on any atom is 0.178 e. The normalized spacial score (nSPS) is 15.1. The second-order valence-electron chi connectivity index (χ2n) is 6.27. The lowest BCUT2D eigenvalue weighted by Crippen LogP contribution is -2.34. The van der Waals surface area contributed by atoms with Crippen molar-refractivity contribution >= 4 is 40.3 Å². The number of benzene rings is 2. The predicted molar refractivity (Wildman–Crippen MR) is 102 cm³/mol. The summed E-state index contributed by atoms with van der Waals surface area (Å²) in [6, 6.07) is 14.0. The van der Waals surface area contributed by atoms with E-state index in [4.69, 9.17) is 23.2 Å².